The molecule has 9 nitrogen and oxygen atoms in total. The number of nitrogens with zero attached hydrogens (tertiary/aromatic N) is 7. The van der Waals surface area contributed by atoms with E-state index in [1.165, 1.54) is 47.4 Å². The zero-order valence-electron chi connectivity index (χ0n) is 26.6. The van der Waals surface area contributed by atoms with Crippen LogP contribution in [0, 0.1) is 35.5 Å². The number of ether oxygens (including phenoxy) is 1. The molecule has 0 N–H and O–H groups in total. The summed E-state index contributed by atoms with van der Waals surface area (Å²) in [6.07, 6.45) is 6.14. The Labute approximate surface area is 271 Å². The molecular weight excluding hydrogens is 574 g/mol. The van der Waals surface area contributed by atoms with Crippen LogP contribution in [0.4, 0.5) is 11.4 Å². The molecule has 1 saturated carbocycles. The fourth-order valence-electron chi connectivity index (χ4n) is 8.37. The normalized spacial score (nSPS) is 22.4. The summed E-state index contributed by atoms with van der Waals surface area (Å²) in [5.41, 5.74) is 5.71. The van der Waals surface area contributed by atoms with Gasteiger partial charge in [-0.25, -0.2) is 4.98 Å². The highest BCUT2D eigenvalue weighted by molar-refractivity contribution is 5.97. The minimum atomic E-state index is -0.298. The van der Waals surface area contributed by atoms with Crippen LogP contribution >= 0.6 is 0 Å². The Morgan fingerprint density at radius 1 is 1.11 bits per heavy atom. The number of anilines is 2. The summed E-state index contributed by atoms with van der Waals surface area (Å²) in [6, 6.07) is 18.0. The second kappa shape index (κ2) is 12.7. The first-order chi connectivity index (χ1) is 22.5. The summed E-state index contributed by atoms with van der Waals surface area (Å²) in [7, 11) is 0. The molecule has 9 heteroatoms. The summed E-state index contributed by atoms with van der Waals surface area (Å²) in [4.78, 5) is 26.6. The Bertz CT molecular complexity index is 1750. The van der Waals surface area contributed by atoms with Gasteiger partial charge in [0.15, 0.2) is 0 Å². The van der Waals surface area contributed by atoms with Gasteiger partial charge in [-0.05, 0) is 61.6 Å². The molecule has 2 saturated heterocycles. The van der Waals surface area contributed by atoms with Gasteiger partial charge in [-0.1, -0.05) is 36.9 Å². The van der Waals surface area contributed by atoms with Gasteiger partial charge in [0, 0.05) is 61.9 Å². The summed E-state index contributed by atoms with van der Waals surface area (Å²) >= 11 is 0. The van der Waals surface area contributed by atoms with Crippen LogP contribution in [0.5, 0.6) is 5.88 Å². The molecule has 1 aromatic heterocycles. The van der Waals surface area contributed by atoms with Gasteiger partial charge in [0.05, 0.1) is 36.5 Å². The van der Waals surface area contributed by atoms with E-state index in [4.69, 9.17) is 9.72 Å². The number of benzene rings is 2. The number of fused-ring (bicyclic) bond motifs is 4. The first-order valence-electron chi connectivity index (χ1n) is 16.6. The Kier molecular flexibility index (Phi) is 8.27. The van der Waals surface area contributed by atoms with E-state index < -0.39 is 0 Å². The molecule has 0 unspecified atom stereocenters. The fraction of sp³-hybridized carbons (Fsp3) is 0.459. The predicted molar refractivity (Wildman–Crippen MR) is 179 cm³/mol. The zero-order chi connectivity index (χ0) is 31.8. The van der Waals surface area contributed by atoms with Gasteiger partial charge in [0.1, 0.15) is 18.2 Å². The molecule has 236 valence electrons. The van der Waals surface area contributed by atoms with E-state index in [2.05, 4.69) is 76.7 Å². The molecule has 0 radical (unpaired) electrons. The minimum absolute atomic E-state index is 0.169. The van der Waals surface area contributed by atoms with Crippen LogP contribution in [0.3, 0.4) is 0 Å². The molecule has 1 amide bonds. The summed E-state index contributed by atoms with van der Waals surface area (Å²) < 4.78 is 6.43. The van der Waals surface area contributed by atoms with E-state index in [1.807, 2.05) is 0 Å². The first kappa shape index (κ1) is 30.1. The molecule has 3 aromatic rings. The smallest absolute Gasteiger partial charge is 0.246 e. The van der Waals surface area contributed by atoms with Crippen molar-refractivity contribution in [2.45, 2.75) is 57.7 Å². The highest BCUT2D eigenvalue weighted by atomic mass is 16.5. The first-order valence-corrected chi connectivity index (χ1v) is 16.6. The number of piperidine rings is 1. The molecule has 7 rings (SSSR count). The van der Waals surface area contributed by atoms with Crippen molar-refractivity contribution in [2.75, 3.05) is 55.7 Å². The second-order valence-corrected chi connectivity index (χ2v) is 13.2. The third kappa shape index (κ3) is 5.43. The van der Waals surface area contributed by atoms with Crippen molar-refractivity contribution < 1.29 is 9.53 Å². The number of amides is 1. The molecule has 4 aliphatic rings. The van der Waals surface area contributed by atoms with Gasteiger partial charge >= 0.3 is 0 Å². The molecule has 1 aliphatic carbocycles. The minimum Gasteiger partial charge on any atom is -0.475 e. The summed E-state index contributed by atoms with van der Waals surface area (Å²) in [6.45, 7) is 11.1. The van der Waals surface area contributed by atoms with Crippen molar-refractivity contribution in [3.05, 3.63) is 71.4 Å². The van der Waals surface area contributed by atoms with Crippen LogP contribution in [0.1, 0.15) is 48.1 Å². The number of rotatable bonds is 8. The van der Waals surface area contributed by atoms with Crippen LogP contribution in [0.25, 0.3) is 10.8 Å². The van der Waals surface area contributed by atoms with Crippen LogP contribution < -0.4 is 14.5 Å². The van der Waals surface area contributed by atoms with Crippen LogP contribution in [-0.4, -0.2) is 78.7 Å². The molecule has 3 aliphatic heterocycles. The quantitative estimate of drug-likeness (QED) is 0.328. The molecule has 2 aromatic carbocycles. The van der Waals surface area contributed by atoms with Crippen molar-refractivity contribution in [3.63, 3.8) is 0 Å². The predicted octanol–water partition coefficient (Wildman–Crippen LogP) is 4.96. The third-order valence-electron chi connectivity index (χ3n) is 10.6. The van der Waals surface area contributed by atoms with Crippen LogP contribution in [0.15, 0.2) is 49.1 Å². The Balaban J connectivity index is 1.24. The van der Waals surface area contributed by atoms with Crippen molar-refractivity contribution in [2.24, 2.45) is 5.92 Å². The number of piperazine rings is 1. The maximum absolute atomic E-state index is 12.7. The number of carbonyl (C=O) groups is 1. The number of hydrogen-bond acceptors (Lipinski definition) is 8. The van der Waals surface area contributed by atoms with Gasteiger partial charge < -0.3 is 19.4 Å². The second-order valence-electron chi connectivity index (χ2n) is 13.2. The maximum Gasteiger partial charge on any atom is 0.246 e. The van der Waals surface area contributed by atoms with Crippen molar-refractivity contribution in [3.8, 4) is 18.0 Å². The van der Waals surface area contributed by atoms with Gasteiger partial charge in [0.2, 0.25) is 11.8 Å². The Morgan fingerprint density at radius 3 is 2.70 bits per heavy atom. The van der Waals surface area contributed by atoms with Gasteiger partial charge in [0.25, 0.3) is 0 Å². The fourth-order valence-corrected chi connectivity index (χ4v) is 8.37. The lowest BCUT2D eigenvalue weighted by atomic mass is 9.95. The number of aryl methyl sites for hydroxylation is 1. The Hall–Kier alpha value is -4.60. The number of nitriles is 2. The summed E-state index contributed by atoms with van der Waals surface area (Å²) in [5.74, 6) is 1.03. The SMILES string of the molecule is C=CC(=O)N1CCN(c2c(C#N)c(OCCN3C[C@@H]4CC[C@H]3C4)nc3c2CCN(c2cccc4cccc(C)c24)C3)C[C@@H]1CC#N. The lowest BCUT2D eigenvalue weighted by molar-refractivity contribution is -0.128. The zero-order valence-corrected chi connectivity index (χ0v) is 26.6. The molecule has 2 bridgehead atoms. The van der Waals surface area contributed by atoms with Crippen molar-refractivity contribution >= 4 is 28.1 Å². The third-order valence-corrected chi connectivity index (χ3v) is 10.6. The van der Waals surface area contributed by atoms with E-state index in [1.54, 1.807) is 4.90 Å². The number of carbonyl (C=O) groups excluding carboxylic acids is 1. The average molecular weight is 616 g/mol. The van der Waals surface area contributed by atoms with Crippen LogP contribution in [0.2, 0.25) is 0 Å². The number of aromatic nitrogens is 1. The van der Waals surface area contributed by atoms with E-state index in [0.717, 1.165) is 48.9 Å². The van der Waals surface area contributed by atoms with Crippen LogP contribution in [-0.2, 0) is 17.8 Å². The topological polar surface area (TPSA) is 99.7 Å². The lowest BCUT2D eigenvalue weighted by Crippen LogP contribution is -2.55. The number of likely N-dealkylation sites (tertiary alicyclic amines) is 1. The maximum atomic E-state index is 12.7. The highest BCUT2D eigenvalue weighted by Crippen LogP contribution is 2.40. The van der Waals surface area contributed by atoms with E-state index in [-0.39, 0.29) is 18.4 Å². The highest BCUT2D eigenvalue weighted by Gasteiger charge is 2.38. The molecule has 3 fully saturated rings. The molecule has 46 heavy (non-hydrogen) atoms. The van der Waals surface area contributed by atoms with Gasteiger partial charge in [-0.3, -0.25) is 9.69 Å². The van der Waals surface area contributed by atoms with E-state index in [0.29, 0.717) is 50.3 Å². The Morgan fingerprint density at radius 2 is 1.96 bits per heavy atom. The number of pyridine rings is 1. The number of hydrogen-bond donors (Lipinski definition) is 0. The average Bonchev–Trinajstić information content (AvgIpc) is 3.71. The van der Waals surface area contributed by atoms with Crippen molar-refractivity contribution in [1.29, 1.82) is 10.5 Å². The summed E-state index contributed by atoms with van der Waals surface area (Å²) in [5, 5.41) is 22.7. The van der Waals surface area contributed by atoms with Crippen molar-refractivity contribution in [1.82, 2.24) is 14.8 Å². The lowest BCUT2D eigenvalue weighted by Gasteiger charge is -2.43. The molecule has 3 atom stereocenters. The molecule has 0 spiro atoms. The molecule has 4 heterocycles. The standard InChI is InChI=1S/C37H41N7O2/c1-3-34(45)44-17-16-43(23-29(44)12-14-38)36-30-13-15-42(33-9-5-8-27-7-4-6-25(2)35(27)33)24-32(30)40-37(31(36)21-39)46-19-18-41-22-26-10-11-28(41)20-26/h3-9,26,28-29H,1,10-13,15-20,22-24H2,2H3/t26-,28+,29+/m1/s1. The largest absolute Gasteiger partial charge is 0.475 e. The van der Waals surface area contributed by atoms with Gasteiger partial charge in [-0.15, -0.1) is 0 Å². The monoisotopic (exact) mass is 615 g/mol. The van der Waals surface area contributed by atoms with E-state index in [9.17, 15) is 15.3 Å². The van der Waals surface area contributed by atoms with E-state index >= 15 is 0 Å². The van der Waals surface area contributed by atoms with Gasteiger partial charge in [-0.2, -0.15) is 10.5 Å². The molecular formula is C37H41N7O2.